The third-order valence-corrected chi connectivity index (χ3v) is 4.17. The normalized spacial score (nSPS) is 12.5. The third-order valence-electron chi connectivity index (χ3n) is 3.46. The summed E-state index contributed by atoms with van der Waals surface area (Å²) >= 11 is 2.33. The Labute approximate surface area is 132 Å². The molecule has 0 aliphatic carbocycles. The van der Waals surface area contributed by atoms with Gasteiger partial charge in [-0.05, 0) is 65.0 Å². The van der Waals surface area contributed by atoms with E-state index in [1.54, 1.807) is 0 Å². The van der Waals surface area contributed by atoms with Crippen LogP contribution in [0.15, 0.2) is 60.8 Å². The van der Waals surface area contributed by atoms with Crippen LogP contribution >= 0.6 is 22.6 Å². The van der Waals surface area contributed by atoms with Gasteiger partial charge in [-0.25, -0.2) is 0 Å². The first kappa shape index (κ1) is 13.5. The summed E-state index contributed by atoms with van der Waals surface area (Å²) in [6.07, 6.45) is 1.84. The maximum Gasteiger partial charge on any atom is 0.0705 e. The molecule has 3 rings (SSSR count). The van der Waals surface area contributed by atoms with Crippen LogP contribution in [0.4, 0.5) is 0 Å². The van der Waals surface area contributed by atoms with Crippen molar-refractivity contribution in [3.63, 3.8) is 0 Å². The molecule has 3 heteroatoms. The van der Waals surface area contributed by atoms with E-state index in [0.29, 0.717) is 0 Å². The molecular formula is C17H15IN2. The third kappa shape index (κ3) is 2.69. The maximum absolute atomic E-state index is 4.44. The number of benzene rings is 2. The van der Waals surface area contributed by atoms with Crippen LogP contribution in [0.1, 0.15) is 17.2 Å². The van der Waals surface area contributed by atoms with E-state index in [4.69, 9.17) is 0 Å². The molecule has 0 aliphatic rings. The van der Waals surface area contributed by atoms with Crippen molar-refractivity contribution in [1.29, 1.82) is 0 Å². The quantitative estimate of drug-likeness (QED) is 0.697. The molecule has 0 saturated heterocycles. The van der Waals surface area contributed by atoms with Crippen LogP contribution in [0, 0.1) is 3.57 Å². The number of nitrogens with zero attached hydrogens (tertiary/aromatic N) is 1. The molecule has 1 aromatic heterocycles. The molecule has 0 radical (unpaired) electrons. The molecular weight excluding hydrogens is 359 g/mol. The van der Waals surface area contributed by atoms with Gasteiger partial charge in [-0.1, -0.05) is 30.3 Å². The van der Waals surface area contributed by atoms with Crippen LogP contribution in [-0.4, -0.2) is 12.0 Å². The highest BCUT2D eigenvalue weighted by Crippen LogP contribution is 2.25. The van der Waals surface area contributed by atoms with Crippen molar-refractivity contribution in [2.24, 2.45) is 0 Å². The fourth-order valence-corrected chi connectivity index (χ4v) is 2.80. The minimum absolute atomic E-state index is 0.193. The summed E-state index contributed by atoms with van der Waals surface area (Å²) in [4.78, 5) is 4.44. The first-order valence-corrected chi connectivity index (χ1v) is 7.63. The summed E-state index contributed by atoms with van der Waals surface area (Å²) in [6.45, 7) is 0. The molecule has 0 aliphatic heterocycles. The van der Waals surface area contributed by atoms with Gasteiger partial charge < -0.3 is 5.32 Å². The average molecular weight is 374 g/mol. The number of nitrogens with one attached hydrogen (secondary N) is 1. The van der Waals surface area contributed by atoms with Gasteiger partial charge in [0.15, 0.2) is 0 Å². The van der Waals surface area contributed by atoms with Crippen LogP contribution in [0.5, 0.6) is 0 Å². The molecule has 2 nitrogen and oxygen atoms in total. The highest BCUT2D eigenvalue weighted by molar-refractivity contribution is 14.1. The Hall–Kier alpha value is -1.46. The number of halogens is 1. The summed E-state index contributed by atoms with van der Waals surface area (Å²) in [5.74, 6) is 0. The fraction of sp³-hybridized carbons (Fsp3) is 0.118. The van der Waals surface area contributed by atoms with Gasteiger partial charge >= 0.3 is 0 Å². The second kappa shape index (κ2) is 5.89. The predicted octanol–water partition coefficient (Wildman–Crippen LogP) is 4.15. The fourth-order valence-electron chi connectivity index (χ4n) is 2.44. The summed E-state index contributed by atoms with van der Waals surface area (Å²) in [7, 11) is 1.99. The van der Waals surface area contributed by atoms with E-state index in [-0.39, 0.29) is 6.04 Å². The Morgan fingerprint density at radius 3 is 2.50 bits per heavy atom. The molecule has 0 saturated carbocycles. The lowest BCUT2D eigenvalue weighted by Gasteiger charge is -2.17. The molecule has 1 N–H and O–H groups in total. The predicted molar refractivity (Wildman–Crippen MR) is 91.8 cm³/mol. The van der Waals surface area contributed by atoms with Gasteiger partial charge in [0.2, 0.25) is 0 Å². The molecule has 1 atom stereocenters. The van der Waals surface area contributed by atoms with E-state index in [0.717, 1.165) is 5.52 Å². The molecule has 2 aromatic carbocycles. The highest BCUT2D eigenvalue weighted by atomic mass is 127. The molecule has 0 bridgehead atoms. The lowest BCUT2D eigenvalue weighted by molar-refractivity contribution is 0.692. The largest absolute Gasteiger partial charge is 0.309 e. The van der Waals surface area contributed by atoms with E-state index in [9.17, 15) is 0 Å². The average Bonchev–Trinajstić information content (AvgIpc) is 2.50. The van der Waals surface area contributed by atoms with Crippen molar-refractivity contribution in [1.82, 2.24) is 10.3 Å². The van der Waals surface area contributed by atoms with Crippen molar-refractivity contribution >= 4 is 33.5 Å². The monoisotopic (exact) mass is 374 g/mol. The Kier molecular flexibility index (Phi) is 3.98. The van der Waals surface area contributed by atoms with Gasteiger partial charge in [-0.3, -0.25) is 4.98 Å². The van der Waals surface area contributed by atoms with Crippen molar-refractivity contribution in [2.75, 3.05) is 7.05 Å². The second-order valence-electron chi connectivity index (χ2n) is 4.73. The lowest BCUT2D eigenvalue weighted by atomic mass is 9.98. The van der Waals surface area contributed by atoms with E-state index in [1.807, 2.05) is 19.3 Å². The molecule has 0 fully saturated rings. The molecule has 100 valence electrons. The van der Waals surface area contributed by atoms with E-state index in [1.165, 1.54) is 20.1 Å². The summed E-state index contributed by atoms with van der Waals surface area (Å²) in [5, 5.41) is 4.56. The SMILES string of the molecule is CNC(c1ccc(I)cc1)c1ccc2cccnc2c1. The Morgan fingerprint density at radius 1 is 1.00 bits per heavy atom. The van der Waals surface area contributed by atoms with Crippen LogP contribution in [0.25, 0.3) is 10.9 Å². The Morgan fingerprint density at radius 2 is 1.75 bits per heavy atom. The number of fused-ring (bicyclic) bond motifs is 1. The number of pyridine rings is 1. The standard InChI is InChI=1S/C17H15IN2/c1-19-17(13-6-8-15(18)9-7-13)14-5-4-12-3-2-10-20-16(12)11-14/h2-11,17,19H,1H3. The van der Waals surface area contributed by atoms with Gasteiger partial charge in [0.25, 0.3) is 0 Å². The zero-order valence-corrected chi connectivity index (χ0v) is 13.3. The van der Waals surface area contributed by atoms with Gasteiger partial charge in [0.1, 0.15) is 0 Å². The van der Waals surface area contributed by atoms with Crippen LogP contribution < -0.4 is 5.32 Å². The zero-order chi connectivity index (χ0) is 13.9. The van der Waals surface area contributed by atoms with Gasteiger partial charge in [-0.15, -0.1) is 0 Å². The van der Waals surface area contributed by atoms with Crippen LogP contribution in [0.3, 0.4) is 0 Å². The minimum Gasteiger partial charge on any atom is -0.309 e. The number of hydrogen-bond acceptors (Lipinski definition) is 2. The minimum atomic E-state index is 0.193. The zero-order valence-electron chi connectivity index (χ0n) is 11.2. The second-order valence-corrected chi connectivity index (χ2v) is 5.97. The topological polar surface area (TPSA) is 24.9 Å². The molecule has 1 heterocycles. The lowest BCUT2D eigenvalue weighted by Crippen LogP contribution is -2.17. The van der Waals surface area contributed by atoms with Crippen molar-refractivity contribution in [3.05, 3.63) is 75.5 Å². The molecule has 1 unspecified atom stereocenters. The molecule has 0 amide bonds. The summed E-state index contributed by atoms with van der Waals surface area (Å²) in [5.41, 5.74) is 3.54. The van der Waals surface area contributed by atoms with Crippen LogP contribution in [0.2, 0.25) is 0 Å². The highest BCUT2D eigenvalue weighted by Gasteiger charge is 2.12. The van der Waals surface area contributed by atoms with E-state index < -0.39 is 0 Å². The Bertz CT molecular complexity index is 722. The van der Waals surface area contributed by atoms with E-state index >= 15 is 0 Å². The first-order chi connectivity index (χ1) is 9.78. The maximum atomic E-state index is 4.44. The van der Waals surface area contributed by atoms with Gasteiger partial charge in [0.05, 0.1) is 11.6 Å². The summed E-state index contributed by atoms with van der Waals surface area (Å²) < 4.78 is 1.25. The van der Waals surface area contributed by atoms with Crippen molar-refractivity contribution < 1.29 is 0 Å². The number of hydrogen-bond donors (Lipinski definition) is 1. The molecule has 3 aromatic rings. The van der Waals surface area contributed by atoms with Crippen molar-refractivity contribution in [3.8, 4) is 0 Å². The smallest absolute Gasteiger partial charge is 0.0705 e. The van der Waals surface area contributed by atoms with Gasteiger partial charge in [-0.2, -0.15) is 0 Å². The van der Waals surface area contributed by atoms with Crippen LogP contribution in [-0.2, 0) is 0 Å². The summed E-state index contributed by atoms with van der Waals surface area (Å²) in [6, 6.07) is 19.3. The number of rotatable bonds is 3. The number of aromatic nitrogens is 1. The van der Waals surface area contributed by atoms with Crippen molar-refractivity contribution in [2.45, 2.75) is 6.04 Å². The Balaban J connectivity index is 2.04. The molecule has 20 heavy (non-hydrogen) atoms. The first-order valence-electron chi connectivity index (χ1n) is 6.55. The van der Waals surface area contributed by atoms with E-state index in [2.05, 4.69) is 81.4 Å². The van der Waals surface area contributed by atoms with Gasteiger partial charge in [0, 0.05) is 15.2 Å². The molecule has 0 spiro atoms.